The predicted molar refractivity (Wildman–Crippen MR) is 80.8 cm³/mol. The van der Waals surface area contributed by atoms with Crippen LogP contribution in [0.25, 0.3) is 0 Å². The summed E-state index contributed by atoms with van der Waals surface area (Å²) in [6.45, 7) is 3.50. The maximum Gasteiger partial charge on any atom is 0.154 e. The third-order valence-corrected chi connectivity index (χ3v) is 6.11. The standard InChI is InChI=1S/C15H23NO3S/c1-15(2,20(4,17)18)14(16-3)11-6-5-7-13(10-11)19-12-8-9-12/h5-7,10,12,14,16H,8-9H2,1-4H3. The Morgan fingerprint density at radius 3 is 2.50 bits per heavy atom. The summed E-state index contributed by atoms with van der Waals surface area (Å²) in [6, 6.07) is 7.43. The van der Waals surface area contributed by atoms with Crippen LogP contribution in [0.3, 0.4) is 0 Å². The molecule has 0 bridgehead atoms. The van der Waals surface area contributed by atoms with Crippen molar-refractivity contribution in [3.05, 3.63) is 29.8 Å². The molecule has 4 nitrogen and oxygen atoms in total. The van der Waals surface area contributed by atoms with Crippen LogP contribution >= 0.6 is 0 Å². The molecule has 0 heterocycles. The largest absolute Gasteiger partial charge is 0.490 e. The molecule has 1 saturated carbocycles. The maximum absolute atomic E-state index is 12.0. The second-order valence-corrected chi connectivity index (χ2v) is 8.58. The van der Waals surface area contributed by atoms with Crippen molar-refractivity contribution in [1.82, 2.24) is 5.32 Å². The van der Waals surface area contributed by atoms with Gasteiger partial charge in [-0.3, -0.25) is 0 Å². The van der Waals surface area contributed by atoms with Gasteiger partial charge in [-0.15, -0.1) is 0 Å². The molecule has 1 aromatic carbocycles. The highest BCUT2D eigenvalue weighted by atomic mass is 32.2. The quantitative estimate of drug-likeness (QED) is 0.875. The Morgan fingerprint density at radius 1 is 1.35 bits per heavy atom. The number of ether oxygens (including phenoxy) is 1. The molecule has 1 N–H and O–H groups in total. The van der Waals surface area contributed by atoms with Gasteiger partial charge in [-0.2, -0.15) is 0 Å². The van der Waals surface area contributed by atoms with Crippen molar-refractivity contribution in [1.29, 1.82) is 0 Å². The van der Waals surface area contributed by atoms with Crippen LogP contribution in [0, 0.1) is 0 Å². The molecular weight excluding hydrogens is 274 g/mol. The van der Waals surface area contributed by atoms with Crippen LogP contribution in [0.2, 0.25) is 0 Å². The van der Waals surface area contributed by atoms with Gasteiger partial charge in [0.2, 0.25) is 0 Å². The van der Waals surface area contributed by atoms with Gasteiger partial charge in [0.1, 0.15) is 5.75 Å². The molecule has 1 atom stereocenters. The van der Waals surface area contributed by atoms with Gasteiger partial charge in [0, 0.05) is 6.26 Å². The lowest BCUT2D eigenvalue weighted by molar-refractivity contribution is 0.302. The Labute approximate surface area is 121 Å². The Morgan fingerprint density at radius 2 is 2.00 bits per heavy atom. The summed E-state index contributed by atoms with van der Waals surface area (Å²) < 4.78 is 28.9. The van der Waals surface area contributed by atoms with E-state index in [0.29, 0.717) is 6.10 Å². The SMILES string of the molecule is CNC(c1cccc(OC2CC2)c1)C(C)(C)S(C)(=O)=O. The average Bonchev–Trinajstić information content (AvgIpc) is 3.12. The molecule has 0 aliphatic heterocycles. The van der Waals surface area contributed by atoms with Crippen LogP contribution in [0.5, 0.6) is 5.75 Å². The molecule has 2 rings (SSSR count). The van der Waals surface area contributed by atoms with Gasteiger partial charge in [-0.25, -0.2) is 8.42 Å². The highest BCUT2D eigenvalue weighted by Gasteiger charge is 2.39. The van der Waals surface area contributed by atoms with E-state index in [1.54, 1.807) is 20.9 Å². The first-order valence-electron chi connectivity index (χ1n) is 6.89. The molecule has 1 aromatic rings. The highest BCUT2D eigenvalue weighted by Crippen LogP contribution is 2.34. The van der Waals surface area contributed by atoms with Crippen molar-refractivity contribution >= 4 is 9.84 Å². The van der Waals surface area contributed by atoms with Gasteiger partial charge in [-0.1, -0.05) is 12.1 Å². The summed E-state index contributed by atoms with van der Waals surface area (Å²) in [6.07, 6.45) is 3.83. The number of rotatable bonds is 6. The number of benzene rings is 1. The highest BCUT2D eigenvalue weighted by molar-refractivity contribution is 7.92. The van der Waals surface area contributed by atoms with Gasteiger partial charge < -0.3 is 10.1 Å². The summed E-state index contributed by atoms with van der Waals surface area (Å²) in [7, 11) is -1.40. The van der Waals surface area contributed by atoms with E-state index in [9.17, 15) is 8.42 Å². The minimum absolute atomic E-state index is 0.278. The van der Waals surface area contributed by atoms with Crippen molar-refractivity contribution < 1.29 is 13.2 Å². The first-order chi connectivity index (χ1) is 9.25. The molecule has 0 amide bonds. The molecule has 20 heavy (non-hydrogen) atoms. The molecule has 0 spiro atoms. The van der Waals surface area contributed by atoms with E-state index in [-0.39, 0.29) is 6.04 Å². The number of hydrogen-bond acceptors (Lipinski definition) is 4. The second kappa shape index (κ2) is 5.37. The summed E-state index contributed by atoms with van der Waals surface area (Å²) in [5.41, 5.74) is 0.932. The lowest BCUT2D eigenvalue weighted by Crippen LogP contribution is -2.43. The number of sulfone groups is 1. The average molecular weight is 297 g/mol. The van der Waals surface area contributed by atoms with Gasteiger partial charge >= 0.3 is 0 Å². The molecule has 0 aromatic heterocycles. The lowest BCUT2D eigenvalue weighted by Gasteiger charge is -2.33. The number of nitrogens with one attached hydrogen (secondary N) is 1. The smallest absolute Gasteiger partial charge is 0.154 e. The monoisotopic (exact) mass is 297 g/mol. The van der Waals surface area contributed by atoms with Crippen LogP contribution in [-0.2, 0) is 9.84 Å². The molecular formula is C15H23NO3S. The minimum atomic E-state index is -3.19. The third-order valence-electron chi connectivity index (χ3n) is 3.96. The van der Waals surface area contributed by atoms with E-state index in [4.69, 9.17) is 4.74 Å². The maximum atomic E-state index is 12.0. The topological polar surface area (TPSA) is 55.4 Å². The van der Waals surface area contributed by atoms with Crippen molar-refractivity contribution in [2.45, 2.75) is 43.6 Å². The van der Waals surface area contributed by atoms with E-state index >= 15 is 0 Å². The fraction of sp³-hybridized carbons (Fsp3) is 0.600. The van der Waals surface area contributed by atoms with Crippen molar-refractivity contribution in [2.24, 2.45) is 0 Å². The Bertz CT molecular complexity index is 577. The molecule has 0 saturated heterocycles. The van der Waals surface area contributed by atoms with Crippen LogP contribution in [0.1, 0.15) is 38.3 Å². The fourth-order valence-corrected chi connectivity index (χ4v) is 2.96. The molecule has 0 radical (unpaired) electrons. The minimum Gasteiger partial charge on any atom is -0.490 e. The predicted octanol–water partition coefficient (Wildman–Crippen LogP) is 2.31. The molecule has 112 valence electrons. The zero-order valence-electron chi connectivity index (χ0n) is 12.5. The Kier molecular flexibility index (Phi) is 4.12. The van der Waals surface area contributed by atoms with Crippen LogP contribution < -0.4 is 10.1 Å². The van der Waals surface area contributed by atoms with E-state index in [0.717, 1.165) is 24.2 Å². The third kappa shape index (κ3) is 3.15. The Balaban J connectivity index is 2.31. The van der Waals surface area contributed by atoms with E-state index < -0.39 is 14.6 Å². The van der Waals surface area contributed by atoms with Crippen LogP contribution in [0.4, 0.5) is 0 Å². The summed E-state index contributed by atoms with van der Waals surface area (Å²) in [5, 5.41) is 3.13. The number of hydrogen-bond donors (Lipinski definition) is 1. The summed E-state index contributed by atoms with van der Waals surface area (Å²) >= 11 is 0. The van der Waals surface area contributed by atoms with E-state index in [1.165, 1.54) is 6.26 Å². The summed E-state index contributed by atoms with van der Waals surface area (Å²) in [5.74, 6) is 0.814. The van der Waals surface area contributed by atoms with Crippen molar-refractivity contribution in [3.63, 3.8) is 0 Å². The normalized spacial score (nSPS) is 17.8. The Hall–Kier alpha value is -1.07. The van der Waals surface area contributed by atoms with Gasteiger partial charge in [0.05, 0.1) is 16.9 Å². The molecule has 1 aliphatic carbocycles. The van der Waals surface area contributed by atoms with Gasteiger partial charge in [-0.05, 0) is 51.4 Å². The van der Waals surface area contributed by atoms with Gasteiger partial charge in [0.25, 0.3) is 0 Å². The summed E-state index contributed by atoms with van der Waals surface area (Å²) in [4.78, 5) is 0. The molecule has 5 heteroatoms. The second-order valence-electron chi connectivity index (χ2n) is 5.99. The lowest BCUT2D eigenvalue weighted by atomic mass is 9.95. The zero-order chi connectivity index (χ0) is 15.0. The first kappa shape index (κ1) is 15.3. The van der Waals surface area contributed by atoms with E-state index in [1.807, 2.05) is 24.3 Å². The van der Waals surface area contributed by atoms with Crippen molar-refractivity contribution in [2.75, 3.05) is 13.3 Å². The zero-order valence-corrected chi connectivity index (χ0v) is 13.3. The van der Waals surface area contributed by atoms with Gasteiger partial charge in [0.15, 0.2) is 9.84 Å². The van der Waals surface area contributed by atoms with Crippen molar-refractivity contribution in [3.8, 4) is 5.75 Å². The van der Waals surface area contributed by atoms with E-state index in [2.05, 4.69) is 5.32 Å². The molecule has 1 fully saturated rings. The fourth-order valence-electron chi connectivity index (χ4n) is 2.28. The molecule has 1 unspecified atom stereocenters. The van der Waals surface area contributed by atoms with Crippen LogP contribution in [0.15, 0.2) is 24.3 Å². The molecule has 1 aliphatic rings. The van der Waals surface area contributed by atoms with Crippen LogP contribution in [-0.4, -0.2) is 32.6 Å². The first-order valence-corrected chi connectivity index (χ1v) is 8.78.